The normalized spacial score (nSPS) is 14.7. The van der Waals surface area contributed by atoms with Gasteiger partial charge in [-0.2, -0.15) is 15.0 Å². The number of hydrogen-bond donors (Lipinski definition) is 4. The first-order valence-electron chi connectivity index (χ1n) is 22.1. The number of aromatic nitrogens is 9. The van der Waals surface area contributed by atoms with Crippen molar-refractivity contribution in [2.75, 3.05) is 127 Å². The minimum Gasteiger partial charge on any atom is -0.377 e. The van der Waals surface area contributed by atoms with E-state index in [1.807, 2.05) is 16.0 Å². The topological polar surface area (TPSA) is 277 Å². The Morgan fingerprint density at radius 1 is 0.810 bits per heavy atom. The number of ether oxygens (including phenoxy) is 3. The van der Waals surface area contributed by atoms with Crippen LogP contribution in [-0.4, -0.2) is 184 Å². The van der Waals surface area contributed by atoms with Crippen molar-refractivity contribution in [2.45, 2.75) is 70.9 Å². The van der Waals surface area contributed by atoms with E-state index in [9.17, 15) is 9.59 Å². The molecule has 0 spiro atoms. The third-order valence-electron chi connectivity index (χ3n) is 10.5. The molecule has 346 valence electrons. The second kappa shape index (κ2) is 26.7. The first-order valence-corrected chi connectivity index (χ1v) is 22.1. The first kappa shape index (κ1) is 48.3. The summed E-state index contributed by atoms with van der Waals surface area (Å²) in [6, 6.07) is -0.445. The molecule has 5 heterocycles. The summed E-state index contributed by atoms with van der Waals surface area (Å²) >= 11 is 0. The van der Waals surface area contributed by atoms with Crippen LogP contribution in [-0.2, 0) is 43.2 Å². The molecule has 0 bridgehead atoms. The van der Waals surface area contributed by atoms with Crippen LogP contribution in [0.2, 0.25) is 0 Å². The van der Waals surface area contributed by atoms with Crippen LogP contribution >= 0.6 is 0 Å². The molecule has 0 unspecified atom stereocenters. The fourth-order valence-corrected chi connectivity index (χ4v) is 7.04. The van der Waals surface area contributed by atoms with Crippen molar-refractivity contribution in [2.24, 2.45) is 22.2 Å². The van der Waals surface area contributed by atoms with Gasteiger partial charge in [-0.15, -0.1) is 16.6 Å². The van der Waals surface area contributed by atoms with Gasteiger partial charge in [0.2, 0.25) is 29.7 Å². The number of terminal acetylenes is 1. The lowest BCUT2D eigenvalue weighted by Gasteiger charge is -2.37. The molecule has 1 atom stereocenters. The maximum Gasteiger partial charge on any atom is 0.247 e. The average Bonchev–Trinajstić information content (AvgIpc) is 3.97. The number of carbonyl (C=O) groups is 2. The van der Waals surface area contributed by atoms with E-state index in [1.165, 1.54) is 0 Å². The molecule has 0 aliphatic carbocycles. The number of guanidine groups is 1. The molecule has 63 heavy (non-hydrogen) atoms. The van der Waals surface area contributed by atoms with Gasteiger partial charge in [0, 0.05) is 77.8 Å². The number of nitrogens with two attached hydrogens (primary N) is 3. The first-order chi connectivity index (χ1) is 30.8. The van der Waals surface area contributed by atoms with Crippen molar-refractivity contribution < 1.29 is 23.8 Å². The van der Waals surface area contributed by atoms with Gasteiger partial charge < -0.3 is 56.3 Å². The average molecular weight is 879 g/mol. The van der Waals surface area contributed by atoms with Crippen molar-refractivity contribution in [3.63, 3.8) is 0 Å². The van der Waals surface area contributed by atoms with Crippen LogP contribution in [0.1, 0.15) is 62.9 Å². The Morgan fingerprint density at radius 2 is 1.44 bits per heavy atom. The van der Waals surface area contributed by atoms with Crippen LogP contribution < -0.4 is 32.3 Å². The number of nitrogens with zero attached hydrogens (tertiary/aromatic N) is 14. The summed E-state index contributed by atoms with van der Waals surface area (Å²) in [6.45, 7) is 10.2. The maximum atomic E-state index is 14.1. The SMILES string of the molecule is C#CCOCCOCCOCCNc1nc(N2CCN(C(=O)Cn3cc(CCCN=C(N)N)nn3)CC2)nc(N2CCN(C(=O)[C@H](CCCCN)n3cc(CCCC)nn3)CC2)n1. The summed E-state index contributed by atoms with van der Waals surface area (Å²) in [5.74, 6) is 3.86. The number of rotatable bonds is 28. The molecule has 0 saturated carbocycles. The van der Waals surface area contributed by atoms with E-state index in [4.69, 9.17) is 52.8 Å². The van der Waals surface area contributed by atoms with Gasteiger partial charge in [-0.05, 0) is 51.5 Å². The molecule has 0 aromatic carbocycles. The Labute approximate surface area is 369 Å². The predicted octanol–water partition coefficient (Wildman–Crippen LogP) is -0.934. The zero-order valence-electron chi connectivity index (χ0n) is 36.7. The molecule has 2 amide bonds. The molecule has 0 radical (unpaired) electrons. The summed E-state index contributed by atoms with van der Waals surface area (Å²) in [4.78, 5) is 53.7. The third-order valence-corrected chi connectivity index (χ3v) is 10.5. The zero-order valence-corrected chi connectivity index (χ0v) is 36.7. The van der Waals surface area contributed by atoms with Crippen molar-refractivity contribution in [1.29, 1.82) is 0 Å². The Morgan fingerprint density at radius 3 is 2.11 bits per heavy atom. The highest BCUT2D eigenvalue weighted by Crippen LogP contribution is 2.23. The van der Waals surface area contributed by atoms with E-state index in [0.717, 1.165) is 43.5 Å². The summed E-state index contributed by atoms with van der Waals surface area (Å²) in [5, 5.41) is 20.4. The summed E-state index contributed by atoms with van der Waals surface area (Å²) in [5.41, 5.74) is 18.3. The molecule has 3 aromatic rings. The van der Waals surface area contributed by atoms with Crippen LogP contribution in [0.5, 0.6) is 0 Å². The number of unbranched alkanes of at least 4 members (excludes halogenated alkanes) is 2. The Balaban J connectivity index is 1.19. The van der Waals surface area contributed by atoms with Gasteiger partial charge in [0.15, 0.2) is 5.96 Å². The fraction of sp³-hybridized carbons (Fsp3) is 0.700. The number of aliphatic imine (C=N–C) groups is 1. The number of amides is 2. The van der Waals surface area contributed by atoms with E-state index in [-0.39, 0.29) is 30.9 Å². The van der Waals surface area contributed by atoms with Crippen LogP contribution in [0.15, 0.2) is 17.4 Å². The van der Waals surface area contributed by atoms with Gasteiger partial charge >= 0.3 is 0 Å². The molecular formula is C40H66N18O5. The van der Waals surface area contributed by atoms with Crippen molar-refractivity contribution in [1.82, 2.24) is 54.7 Å². The number of piperazine rings is 2. The van der Waals surface area contributed by atoms with Crippen molar-refractivity contribution in [3.8, 4) is 12.3 Å². The molecule has 3 aromatic heterocycles. The van der Waals surface area contributed by atoms with Gasteiger partial charge in [-0.25, -0.2) is 9.36 Å². The molecule has 2 aliphatic heterocycles. The van der Waals surface area contributed by atoms with Crippen molar-refractivity contribution >= 4 is 35.6 Å². The molecule has 2 fully saturated rings. The highest BCUT2D eigenvalue weighted by molar-refractivity contribution is 5.80. The van der Waals surface area contributed by atoms with Crippen molar-refractivity contribution in [3.05, 3.63) is 23.8 Å². The van der Waals surface area contributed by atoms with E-state index in [0.29, 0.717) is 142 Å². The molecule has 2 aliphatic rings. The number of hydrogen-bond acceptors (Lipinski definition) is 17. The minimum atomic E-state index is -0.445. The van der Waals surface area contributed by atoms with Gasteiger partial charge in [0.05, 0.1) is 44.4 Å². The van der Waals surface area contributed by atoms with E-state index in [1.54, 1.807) is 15.6 Å². The molecule has 5 rings (SSSR count). The zero-order chi connectivity index (χ0) is 44.7. The molecule has 23 heteroatoms. The monoisotopic (exact) mass is 879 g/mol. The highest BCUT2D eigenvalue weighted by Gasteiger charge is 2.31. The summed E-state index contributed by atoms with van der Waals surface area (Å²) < 4.78 is 19.8. The van der Waals surface area contributed by atoms with Crippen LogP contribution in [0, 0.1) is 12.3 Å². The second-order valence-electron chi connectivity index (χ2n) is 15.3. The van der Waals surface area contributed by atoms with Crippen LogP contribution in [0.25, 0.3) is 0 Å². The lowest BCUT2D eigenvalue weighted by molar-refractivity contribution is -0.135. The second-order valence-corrected chi connectivity index (χ2v) is 15.3. The summed E-state index contributed by atoms with van der Waals surface area (Å²) in [6.07, 6.45) is 15.4. The minimum absolute atomic E-state index is 0.0242. The maximum absolute atomic E-state index is 14.1. The molecular weight excluding hydrogens is 813 g/mol. The number of aryl methyl sites for hydroxylation is 2. The smallest absolute Gasteiger partial charge is 0.247 e. The fourth-order valence-electron chi connectivity index (χ4n) is 7.04. The van der Waals surface area contributed by atoms with Gasteiger partial charge in [0.1, 0.15) is 19.2 Å². The quantitative estimate of drug-likeness (QED) is 0.0297. The van der Waals surface area contributed by atoms with Gasteiger partial charge in [-0.1, -0.05) is 29.7 Å². The lowest BCUT2D eigenvalue weighted by atomic mass is 10.1. The predicted molar refractivity (Wildman–Crippen MR) is 237 cm³/mol. The standard InChI is InChI=1S/C40H66N18O5/c1-3-5-9-33-30-58(52-50-33)34(11-6-7-12-41)36(60)54-17-21-56(22-18-54)40-47-38(45-14-24-62-26-28-63-27-25-61-23-4-2)46-39(48-40)55-19-15-53(16-20-55)35(59)31-57-29-32(49-51-57)10-8-13-44-37(42)43/h2,29-30,34H,3,5-28,31,41H2,1H3,(H4,42,43,44)(H,45,46,47,48)/t34-/m0/s1. The number of nitrogens with one attached hydrogen (secondary N) is 1. The molecule has 7 N–H and O–H groups in total. The highest BCUT2D eigenvalue weighted by atomic mass is 16.5. The van der Waals surface area contributed by atoms with E-state index < -0.39 is 6.04 Å². The summed E-state index contributed by atoms with van der Waals surface area (Å²) in [7, 11) is 0. The Kier molecular flexibility index (Phi) is 20.5. The van der Waals surface area contributed by atoms with Crippen LogP contribution in [0.4, 0.5) is 17.8 Å². The third kappa shape index (κ3) is 16.2. The lowest BCUT2D eigenvalue weighted by Crippen LogP contribution is -2.51. The van der Waals surface area contributed by atoms with Gasteiger partial charge in [-0.3, -0.25) is 14.6 Å². The van der Waals surface area contributed by atoms with Crippen LogP contribution in [0.3, 0.4) is 0 Å². The van der Waals surface area contributed by atoms with E-state index in [2.05, 4.69) is 53.6 Å². The molecule has 2 saturated heterocycles. The Bertz CT molecular complexity index is 1880. The van der Waals surface area contributed by atoms with Gasteiger partial charge in [0.25, 0.3) is 0 Å². The number of carbonyl (C=O) groups excluding carboxylic acids is 2. The largest absolute Gasteiger partial charge is 0.377 e. The Hall–Kier alpha value is -5.70. The molecule has 23 nitrogen and oxygen atoms in total. The van der Waals surface area contributed by atoms with E-state index >= 15 is 0 Å². The number of anilines is 3.